The molecule has 1 fully saturated rings. The predicted octanol–water partition coefficient (Wildman–Crippen LogP) is 3.49. The molecule has 2 rings (SSSR count). The maximum Gasteiger partial charge on any atom is 0.109 e. The molecule has 0 spiro atoms. The molecule has 0 radical (unpaired) electrons. The molecule has 17 heavy (non-hydrogen) atoms. The summed E-state index contributed by atoms with van der Waals surface area (Å²) in [4.78, 5) is 0. The molecule has 3 atom stereocenters. The summed E-state index contributed by atoms with van der Waals surface area (Å²) in [5, 5.41) is 3.65. The van der Waals surface area contributed by atoms with Crippen LogP contribution in [0.25, 0.3) is 0 Å². The number of nitrogens with one attached hydrogen (secondary N) is 1. The van der Waals surface area contributed by atoms with Crippen LogP contribution in [0.1, 0.15) is 52.4 Å². The number of likely N-dealkylation sites (N-methyl/N-ethyl adjacent to an activating group) is 1. The Morgan fingerprint density at radius 3 is 2.94 bits per heavy atom. The molecule has 2 nitrogen and oxygen atoms in total. The van der Waals surface area contributed by atoms with Gasteiger partial charge in [-0.2, -0.15) is 0 Å². The highest BCUT2D eigenvalue weighted by Crippen LogP contribution is 2.34. The minimum atomic E-state index is 0.475. The van der Waals surface area contributed by atoms with Crippen molar-refractivity contribution in [3.63, 3.8) is 0 Å². The summed E-state index contributed by atoms with van der Waals surface area (Å²) < 4.78 is 5.88. The van der Waals surface area contributed by atoms with Crippen LogP contribution in [0.2, 0.25) is 0 Å². The average Bonchev–Trinajstić information content (AvgIpc) is 2.37. The fourth-order valence-corrected chi connectivity index (χ4v) is 3.30. The Kier molecular flexibility index (Phi) is 4.90. The maximum atomic E-state index is 5.88. The van der Waals surface area contributed by atoms with E-state index in [0.29, 0.717) is 6.04 Å². The van der Waals surface area contributed by atoms with E-state index in [9.17, 15) is 0 Å². The first-order valence-electron chi connectivity index (χ1n) is 7.37. The molecule has 1 N–H and O–H groups in total. The molecule has 0 saturated heterocycles. The normalized spacial score (nSPS) is 31.5. The second-order valence-corrected chi connectivity index (χ2v) is 5.66. The second kappa shape index (κ2) is 6.44. The highest BCUT2D eigenvalue weighted by atomic mass is 16.5. The van der Waals surface area contributed by atoms with Crippen molar-refractivity contribution in [1.29, 1.82) is 0 Å². The Morgan fingerprint density at radius 1 is 1.41 bits per heavy atom. The average molecular weight is 237 g/mol. The number of allylic oxidation sites excluding steroid dienone is 1. The lowest BCUT2D eigenvalue weighted by atomic mass is 9.77. The van der Waals surface area contributed by atoms with Crippen molar-refractivity contribution >= 4 is 0 Å². The second-order valence-electron chi connectivity index (χ2n) is 5.66. The Labute approximate surface area is 106 Å². The molecule has 1 aliphatic carbocycles. The standard InChI is InChI=1S/C15H27NO/c1-3-16-15(14-9-4-5-10-17-14)13-8-6-7-12(2)11-13/h9,12-13,15-16H,3-8,10-11H2,1-2H3. The van der Waals surface area contributed by atoms with Gasteiger partial charge in [0.05, 0.1) is 12.6 Å². The van der Waals surface area contributed by atoms with Gasteiger partial charge in [0.25, 0.3) is 0 Å². The van der Waals surface area contributed by atoms with E-state index in [1.54, 1.807) is 0 Å². The zero-order valence-corrected chi connectivity index (χ0v) is 11.4. The molecule has 0 amide bonds. The number of ether oxygens (including phenoxy) is 1. The monoisotopic (exact) mass is 237 g/mol. The van der Waals surface area contributed by atoms with Crippen molar-refractivity contribution in [1.82, 2.24) is 5.32 Å². The van der Waals surface area contributed by atoms with Gasteiger partial charge in [-0.15, -0.1) is 0 Å². The third kappa shape index (κ3) is 3.48. The smallest absolute Gasteiger partial charge is 0.109 e. The van der Waals surface area contributed by atoms with E-state index in [4.69, 9.17) is 4.74 Å². The van der Waals surface area contributed by atoms with Gasteiger partial charge >= 0.3 is 0 Å². The Bertz CT molecular complexity index is 262. The molecule has 3 unspecified atom stereocenters. The van der Waals surface area contributed by atoms with Crippen LogP contribution in [-0.4, -0.2) is 19.2 Å². The van der Waals surface area contributed by atoms with E-state index in [0.717, 1.165) is 25.0 Å². The van der Waals surface area contributed by atoms with Crippen molar-refractivity contribution < 1.29 is 4.74 Å². The fraction of sp³-hybridized carbons (Fsp3) is 0.867. The van der Waals surface area contributed by atoms with E-state index >= 15 is 0 Å². The quantitative estimate of drug-likeness (QED) is 0.808. The Morgan fingerprint density at radius 2 is 2.29 bits per heavy atom. The van der Waals surface area contributed by atoms with E-state index in [1.807, 2.05) is 0 Å². The van der Waals surface area contributed by atoms with Gasteiger partial charge in [-0.25, -0.2) is 0 Å². The third-order valence-electron chi connectivity index (χ3n) is 4.14. The summed E-state index contributed by atoms with van der Waals surface area (Å²) in [6, 6.07) is 0.475. The molecule has 0 aromatic carbocycles. The van der Waals surface area contributed by atoms with Gasteiger partial charge in [0.1, 0.15) is 5.76 Å². The van der Waals surface area contributed by atoms with E-state index in [2.05, 4.69) is 25.2 Å². The molecular formula is C15H27NO. The van der Waals surface area contributed by atoms with Crippen LogP contribution < -0.4 is 5.32 Å². The van der Waals surface area contributed by atoms with Gasteiger partial charge in [-0.1, -0.05) is 26.7 Å². The Hall–Kier alpha value is -0.500. The number of rotatable bonds is 4. The molecule has 0 bridgehead atoms. The summed E-state index contributed by atoms with van der Waals surface area (Å²) in [5.74, 6) is 2.90. The highest BCUT2D eigenvalue weighted by Gasteiger charge is 2.30. The van der Waals surface area contributed by atoms with E-state index in [-0.39, 0.29) is 0 Å². The van der Waals surface area contributed by atoms with Crippen LogP contribution in [0.3, 0.4) is 0 Å². The first-order chi connectivity index (χ1) is 8.31. The van der Waals surface area contributed by atoms with Crippen LogP contribution in [0.4, 0.5) is 0 Å². The zero-order chi connectivity index (χ0) is 12.1. The summed E-state index contributed by atoms with van der Waals surface area (Å²) in [6.07, 6.45) is 10.2. The van der Waals surface area contributed by atoms with Crippen LogP contribution in [-0.2, 0) is 4.74 Å². The van der Waals surface area contributed by atoms with Crippen molar-refractivity contribution in [2.24, 2.45) is 11.8 Å². The number of hydrogen-bond donors (Lipinski definition) is 1. The minimum absolute atomic E-state index is 0.475. The first-order valence-corrected chi connectivity index (χ1v) is 7.37. The van der Waals surface area contributed by atoms with Crippen LogP contribution in [0.5, 0.6) is 0 Å². The first kappa shape index (κ1) is 12.9. The van der Waals surface area contributed by atoms with Crippen LogP contribution >= 0.6 is 0 Å². The molecule has 0 aromatic heterocycles. The van der Waals surface area contributed by atoms with Gasteiger partial charge in [0, 0.05) is 0 Å². The fourth-order valence-electron chi connectivity index (χ4n) is 3.30. The Balaban J connectivity index is 2.02. The SMILES string of the molecule is CCNC(C1=CCCCO1)C1CCCC(C)C1. The lowest BCUT2D eigenvalue weighted by molar-refractivity contribution is 0.132. The van der Waals surface area contributed by atoms with Crippen molar-refractivity contribution in [2.75, 3.05) is 13.2 Å². The summed E-state index contributed by atoms with van der Waals surface area (Å²) >= 11 is 0. The predicted molar refractivity (Wildman–Crippen MR) is 71.9 cm³/mol. The van der Waals surface area contributed by atoms with Gasteiger partial charge < -0.3 is 10.1 Å². The molecule has 1 saturated carbocycles. The maximum absolute atomic E-state index is 5.88. The van der Waals surface area contributed by atoms with Crippen molar-refractivity contribution in [2.45, 2.75) is 58.4 Å². The molecular weight excluding hydrogens is 210 g/mol. The molecule has 1 aliphatic heterocycles. The van der Waals surface area contributed by atoms with Crippen LogP contribution in [0, 0.1) is 11.8 Å². The minimum Gasteiger partial charge on any atom is -0.497 e. The van der Waals surface area contributed by atoms with Crippen molar-refractivity contribution in [3.8, 4) is 0 Å². The van der Waals surface area contributed by atoms with Gasteiger partial charge in [-0.05, 0) is 50.1 Å². The van der Waals surface area contributed by atoms with Gasteiger partial charge in [-0.3, -0.25) is 0 Å². The van der Waals surface area contributed by atoms with E-state index in [1.165, 1.54) is 44.3 Å². The number of hydrogen-bond acceptors (Lipinski definition) is 2. The summed E-state index contributed by atoms with van der Waals surface area (Å²) in [6.45, 7) is 6.54. The lowest BCUT2D eigenvalue weighted by Crippen LogP contribution is -2.41. The van der Waals surface area contributed by atoms with Crippen LogP contribution in [0.15, 0.2) is 11.8 Å². The summed E-state index contributed by atoms with van der Waals surface area (Å²) in [7, 11) is 0. The third-order valence-corrected chi connectivity index (χ3v) is 4.14. The topological polar surface area (TPSA) is 21.3 Å². The zero-order valence-electron chi connectivity index (χ0n) is 11.4. The summed E-state index contributed by atoms with van der Waals surface area (Å²) in [5.41, 5.74) is 0. The van der Waals surface area contributed by atoms with Gasteiger partial charge in [0.2, 0.25) is 0 Å². The lowest BCUT2D eigenvalue weighted by Gasteiger charge is -2.35. The molecule has 0 aromatic rings. The molecule has 98 valence electrons. The molecule has 2 heteroatoms. The van der Waals surface area contributed by atoms with Gasteiger partial charge in [0.15, 0.2) is 0 Å². The molecule has 2 aliphatic rings. The van der Waals surface area contributed by atoms with Crippen molar-refractivity contribution in [3.05, 3.63) is 11.8 Å². The van der Waals surface area contributed by atoms with E-state index < -0.39 is 0 Å². The highest BCUT2D eigenvalue weighted by molar-refractivity contribution is 5.08. The molecule has 1 heterocycles. The largest absolute Gasteiger partial charge is 0.497 e.